The van der Waals surface area contributed by atoms with Crippen LogP contribution >= 0.6 is 0 Å². The largest absolute Gasteiger partial charge is 0.340 e. The van der Waals surface area contributed by atoms with E-state index in [0.717, 1.165) is 24.3 Å². The lowest BCUT2D eigenvalue weighted by Gasteiger charge is -2.15. The van der Waals surface area contributed by atoms with Crippen molar-refractivity contribution in [2.45, 2.75) is 32.1 Å². The molecule has 1 aliphatic heterocycles. The van der Waals surface area contributed by atoms with E-state index >= 15 is 0 Å². The van der Waals surface area contributed by atoms with E-state index < -0.39 is 0 Å². The van der Waals surface area contributed by atoms with E-state index in [1.807, 2.05) is 0 Å². The molecule has 0 aromatic carbocycles. The molecule has 1 saturated heterocycles. The minimum Gasteiger partial charge on any atom is -0.261 e. The monoisotopic (exact) mass is 172 g/mol. The molecule has 1 fully saturated rings. The summed E-state index contributed by atoms with van der Waals surface area (Å²) in [5.41, 5.74) is 0. The van der Waals surface area contributed by atoms with Gasteiger partial charge in [0.15, 0.2) is 0 Å². The van der Waals surface area contributed by atoms with Crippen molar-refractivity contribution in [2.75, 3.05) is 13.2 Å². The topological polar surface area (TPSA) is 38.8 Å². The van der Waals surface area contributed by atoms with Crippen LogP contribution in [0, 0.1) is 0 Å². The molecule has 0 spiro atoms. The Morgan fingerprint density at radius 2 is 1.83 bits per heavy atom. The summed E-state index contributed by atoms with van der Waals surface area (Å²) in [6.07, 6.45) is 7.13. The Hall–Kier alpha value is -0.610. The predicted octanol–water partition coefficient (Wildman–Crippen LogP) is 1.18. The Balaban J connectivity index is 2.21. The summed E-state index contributed by atoms with van der Waals surface area (Å²) in [4.78, 5) is 19.7. The first-order valence-corrected chi connectivity index (χ1v) is 4.38. The van der Waals surface area contributed by atoms with Gasteiger partial charge in [-0.05, 0) is 12.8 Å². The third-order valence-corrected chi connectivity index (χ3v) is 1.83. The van der Waals surface area contributed by atoms with Gasteiger partial charge in [0.05, 0.1) is 13.2 Å². The first kappa shape index (κ1) is 9.48. The van der Waals surface area contributed by atoms with Crippen molar-refractivity contribution in [3.8, 4) is 0 Å². The Kier molecular flexibility index (Phi) is 4.71. The van der Waals surface area contributed by atoms with Gasteiger partial charge in [-0.15, -0.1) is 4.99 Å². The second-order valence-corrected chi connectivity index (χ2v) is 2.86. The van der Waals surface area contributed by atoms with Crippen molar-refractivity contribution in [3.63, 3.8) is 0 Å². The smallest absolute Gasteiger partial charge is 0.261 e. The maximum absolute atomic E-state index is 10.2. The van der Waals surface area contributed by atoms with Crippen LogP contribution in [0.5, 0.6) is 0 Å². The fraction of sp³-hybridized carbons (Fsp3) is 0.875. The number of hydroxylamine groups is 2. The van der Waals surface area contributed by atoms with Crippen molar-refractivity contribution in [1.82, 2.24) is 5.06 Å². The number of hydrogen-bond acceptors (Lipinski definition) is 3. The molecule has 0 unspecified atom stereocenters. The highest BCUT2D eigenvalue weighted by Gasteiger charge is 2.05. The number of hydrogen-bond donors (Lipinski definition) is 0. The summed E-state index contributed by atoms with van der Waals surface area (Å²) in [6.45, 7) is 1.13. The molecule has 4 nitrogen and oxygen atoms in total. The molecular formula is C8H14NO3. The van der Waals surface area contributed by atoms with Gasteiger partial charge in [-0.2, -0.15) is 5.06 Å². The lowest BCUT2D eigenvalue weighted by atomic mass is 10.1. The highest BCUT2D eigenvalue weighted by Crippen LogP contribution is 2.06. The molecule has 0 aromatic rings. The SMILES string of the molecule is O=[C]N1CCCCCCCOO1. The summed E-state index contributed by atoms with van der Waals surface area (Å²) in [6, 6.07) is 0. The van der Waals surface area contributed by atoms with E-state index in [9.17, 15) is 4.79 Å². The highest BCUT2D eigenvalue weighted by atomic mass is 17.3. The Morgan fingerprint density at radius 1 is 1.08 bits per heavy atom. The lowest BCUT2D eigenvalue weighted by molar-refractivity contribution is -0.401. The quantitative estimate of drug-likeness (QED) is 0.557. The van der Waals surface area contributed by atoms with E-state index in [-0.39, 0.29) is 0 Å². The lowest BCUT2D eigenvalue weighted by Crippen LogP contribution is -2.24. The van der Waals surface area contributed by atoms with E-state index in [2.05, 4.69) is 4.99 Å². The number of nitrogens with zero attached hydrogens (tertiary/aromatic N) is 1. The van der Waals surface area contributed by atoms with Gasteiger partial charge in [-0.3, -0.25) is 4.79 Å². The van der Waals surface area contributed by atoms with Crippen molar-refractivity contribution < 1.29 is 14.7 Å². The zero-order chi connectivity index (χ0) is 8.65. The van der Waals surface area contributed by atoms with Crippen LogP contribution in [0.25, 0.3) is 0 Å². The molecule has 4 heteroatoms. The molecule has 0 bridgehead atoms. The van der Waals surface area contributed by atoms with Crippen LogP contribution in [0.15, 0.2) is 0 Å². The third kappa shape index (κ3) is 3.69. The standard InChI is InChI=1S/C8H14NO3/c10-8-9-6-4-2-1-3-5-7-11-12-9/h1-7H2. The van der Waals surface area contributed by atoms with Crippen molar-refractivity contribution in [2.24, 2.45) is 0 Å². The molecule has 1 amide bonds. The molecular weight excluding hydrogens is 158 g/mol. The van der Waals surface area contributed by atoms with Crippen LogP contribution in [-0.4, -0.2) is 24.6 Å². The number of amides is 1. The van der Waals surface area contributed by atoms with Crippen LogP contribution < -0.4 is 0 Å². The van der Waals surface area contributed by atoms with Crippen LogP contribution in [0.3, 0.4) is 0 Å². The molecule has 1 rings (SSSR count). The van der Waals surface area contributed by atoms with Gasteiger partial charge in [0.25, 0.3) is 0 Å². The van der Waals surface area contributed by atoms with Gasteiger partial charge in [-0.25, -0.2) is 4.89 Å². The van der Waals surface area contributed by atoms with E-state index in [4.69, 9.17) is 4.89 Å². The van der Waals surface area contributed by atoms with Gasteiger partial charge in [0, 0.05) is 0 Å². The minimum atomic E-state index is 0.554. The summed E-state index contributed by atoms with van der Waals surface area (Å²) >= 11 is 0. The van der Waals surface area contributed by atoms with Crippen LogP contribution in [0.2, 0.25) is 0 Å². The van der Waals surface area contributed by atoms with E-state index in [1.165, 1.54) is 12.8 Å². The molecule has 69 valence electrons. The molecule has 0 saturated carbocycles. The molecule has 1 radical (unpaired) electrons. The maximum atomic E-state index is 10.2. The second-order valence-electron chi connectivity index (χ2n) is 2.86. The van der Waals surface area contributed by atoms with Crippen LogP contribution in [0.1, 0.15) is 32.1 Å². The van der Waals surface area contributed by atoms with E-state index in [1.54, 1.807) is 6.41 Å². The summed E-state index contributed by atoms with van der Waals surface area (Å²) in [5, 5.41) is 1.07. The number of carbonyl (C=O) groups excluding carboxylic acids is 1. The summed E-state index contributed by atoms with van der Waals surface area (Å²) in [5.74, 6) is 0. The Labute approximate surface area is 72.3 Å². The van der Waals surface area contributed by atoms with Gasteiger partial charge < -0.3 is 0 Å². The molecule has 0 aliphatic carbocycles. The molecule has 0 N–H and O–H groups in total. The van der Waals surface area contributed by atoms with Crippen molar-refractivity contribution in [3.05, 3.63) is 0 Å². The van der Waals surface area contributed by atoms with Gasteiger partial charge in [0.1, 0.15) is 0 Å². The van der Waals surface area contributed by atoms with Gasteiger partial charge in [-0.1, -0.05) is 19.3 Å². The predicted molar refractivity (Wildman–Crippen MR) is 42.5 cm³/mol. The Bertz CT molecular complexity index is 119. The fourth-order valence-electron chi connectivity index (χ4n) is 1.15. The average Bonchev–Trinajstić information content (AvgIpc) is 2.14. The van der Waals surface area contributed by atoms with Gasteiger partial charge >= 0.3 is 6.41 Å². The summed E-state index contributed by atoms with van der Waals surface area (Å²) < 4.78 is 0. The normalized spacial score (nSPS) is 21.8. The maximum Gasteiger partial charge on any atom is 0.340 e. The second kappa shape index (κ2) is 5.97. The number of rotatable bonds is 1. The first-order valence-electron chi connectivity index (χ1n) is 4.38. The molecule has 1 aliphatic rings. The summed E-state index contributed by atoms with van der Waals surface area (Å²) in [7, 11) is 0. The van der Waals surface area contributed by atoms with Crippen LogP contribution in [-0.2, 0) is 14.7 Å². The van der Waals surface area contributed by atoms with E-state index in [0.29, 0.717) is 13.2 Å². The molecule has 12 heavy (non-hydrogen) atoms. The van der Waals surface area contributed by atoms with Crippen molar-refractivity contribution >= 4 is 6.41 Å². The van der Waals surface area contributed by atoms with Crippen molar-refractivity contribution in [1.29, 1.82) is 0 Å². The fourth-order valence-corrected chi connectivity index (χ4v) is 1.15. The first-order chi connectivity index (χ1) is 5.93. The average molecular weight is 172 g/mol. The molecule has 0 aromatic heterocycles. The highest BCUT2D eigenvalue weighted by molar-refractivity contribution is 5.45. The zero-order valence-electron chi connectivity index (χ0n) is 7.12. The molecule has 1 heterocycles. The zero-order valence-corrected chi connectivity index (χ0v) is 7.12. The minimum absolute atomic E-state index is 0.554. The van der Waals surface area contributed by atoms with Crippen LogP contribution in [0.4, 0.5) is 0 Å². The third-order valence-electron chi connectivity index (χ3n) is 1.83. The molecule has 0 atom stereocenters. The Morgan fingerprint density at radius 3 is 2.67 bits per heavy atom. The van der Waals surface area contributed by atoms with Gasteiger partial charge in [0.2, 0.25) is 0 Å².